The number of carbonyl (C=O) groups excluding carboxylic acids is 1. The van der Waals surface area contributed by atoms with Crippen molar-refractivity contribution in [3.63, 3.8) is 0 Å². The number of imidazole rings is 1. The van der Waals surface area contributed by atoms with Crippen LogP contribution in [0, 0.1) is 0 Å². The van der Waals surface area contributed by atoms with Gasteiger partial charge in [0.15, 0.2) is 5.16 Å². The van der Waals surface area contributed by atoms with E-state index in [1.54, 1.807) is 0 Å². The van der Waals surface area contributed by atoms with Gasteiger partial charge in [-0.05, 0) is 24.6 Å². The van der Waals surface area contributed by atoms with Gasteiger partial charge in [-0.3, -0.25) is 4.79 Å². The number of ether oxygens (including phenoxy) is 1. The van der Waals surface area contributed by atoms with Gasteiger partial charge in [0.2, 0.25) is 0 Å². The summed E-state index contributed by atoms with van der Waals surface area (Å²) < 4.78 is 4.85. The number of carbonyl (C=O) groups is 1. The van der Waals surface area contributed by atoms with E-state index >= 15 is 0 Å². The van der Waals surface area contributed by atoms with Gasteiger partial charge in [0.05, 0.1) is 18.1 Å². The standard InChI is InChI=1S/C14H19N3O2S/c1-3-4-5-12(13(18)19-2)20-14-16-10-7-6-9(15)8-11(10)17-14/h6-8,12H,3-5,15H2,1-2H3,(H,16,17). The topological polar surface area (TPSA) is 81.0 Å². The third-order valence-electron chi connectivity index (χ3n) is 3.02. The highest BCUT2D eigenvalue weighted by molar-refractivity contribution is 8.00. The normalized spacial score (nSPS) is 12.5. The van der Waals surface area contributed by atoms with Gasteiger partial charge in [0.25, 0.3) is 0 Å². The minimum absolute atomic E-state index is 0.205. The maximum absolute atomic E-state index is 11.8. The molecule has 1 aromatic carbocycles. The zero-order chi connectivity index (χ0) is 14.5. The van der Waals surface area contributed by atoms with Crippen LogP contribution in [-0.4, -0.2) is 28.3 Å². The molecule has 0 spiro atoms. The molecule has 0 aliphatic rings. The number of methoxy groups -OCH3 is 1. The number of anilines is 1. The number of hydrogen-bond acceptors (Lipinski definition) is 5. The van der Waals surface area contributed by atoms with Crippen LogP contribution in [0.1, 0.15) is 26.2 Å². The number of aromatic amines is 1. The van der Waals surface area contributed by atoms with Gasteiger partial charge in [-0.15, -0.1) is 0 Å². The first-order valence-electron chi connectivity index (χ1n) is 6.63. The largest absolute Gasteiger partial charge is 0.468 e. The van der Waals surface area contributed by atoms with Crippen molar-refractivity contribution >= 4 is 34.5 Å². The number of nitrogens with zero attached hydrogens (tertiary/aromatic N) is 1. The van der Waals surface area contributed by atoms with E-state index in [2.05, 4.69) is 16.9 Å². The molecule has 0 bridgehead atoms. The predicted molar refractivity (Wildman–Crippen MR) is 81.7 cm³/mol. The van der Waals surface area contributed by atoms with Gasteiger partial charge in [0.1, 0.15) is 5.25 Å². The summed E-state index contributed by atoms with van der Waals surface area (Å²) in [5.74, 6) is -0.205. The molecule has 0 aliphatic heterocycles. The van der Waals surface area contributed by atoms with Crippen LogP contribution in [0.5, 0.6) is 0 Å². The van der Waals surface area contributed by atoms with Gasteiger partial charge in [-0.2, -0.15) is 0 Å². The van der Waals surface area contributed by atoms with E-state index in [0.29, 0.717) is 5.69 Å². The zero-order valence-corrected chi connectivity index (χ0v) is 12.5. The zero-order valence-electron chi connectivity index (χ0n) is 11.7. The summed E-state index contributed by atoms with van der Waals surface area (Å²) in [6.07, 6.45) is 2.82. The summed E-state index contributed by atoms with van der Waals surface area (Å²) in [6.45, 7) is 2.10. The lowest BCUT2D eigenvalue weighted by Gasteiger charge is -2.11. The Labute approximate surface area is 122 Å². The molecular weight excluding hydrogens is 274 g/mol. The lowest BCUT2D eigenvalue weighted by Crippen LogP contribution is -2.18. The van der Waals surface area contributed by atoms with Crippen molar-refractivity contribution in [2.45, 2.75) is 36.6 Å². The molecule has 2 rings (SSSR count). The molecule has 20 heavy (non-hydrogen) atoms. The molecule has 1 unspecified atom stereocenters. The third kappa shape index (κ3) is 3.45. The van der Waals surface area contributed by atoms with E-state index in [1.165, 1.54) is 18.9 Å². The highest BCUT2D eigenvalue weighted by Gasteiger charge is 2.21. The molecule has 1 aromatic heterocycles. The van der Waals surface area contributed by atoms with E-state index in [1.807, 2.05) is 18.2 Å². The van der Waals surface area contributed by atoms with Gasteiger partial charge in [0, 0.05) is 5.69 Å². The van der Waals surface area contributed by atoms with E-state index in [0.717, 1.165) is 35.5 Å². The SMILES string of the molecule is CCCCC(Sc1nc2ccc(N)cc2[nH]1)C(=O)OC. The van der Waals surface area contributed by atoms with Crippen LogP contribution in [0.25, 0.3) is 11.0 Å². The van der Waals surface area contributed by atoms with E-state index in [9.17, 15) is 4.79 Å². The Morgan fingerprint density at radius 3 is 3.05 bits per heavy atom. The molecule has 6 heteroatoms. The Kier molecular flexibility index (Phi) is 4.89. The second-order valence-electron chi connectivity index (χ2n) is 4.59. The molecule has 3 N–H and O–H groups in total. The molecule has 0 radical (unpaired) electrons. The molecule has 0 saturated carbocycles. The molecule has 1 heterocycles. The summed E-state index contributed by atoms with van der Waals surface area (Å²) in [6, 6.07) is 5.52. The Morgan fingerprint density at radius 1 is 1.55 bits per heavy atom. The smallest absolute Gasteiger partial charge is 0.319 e. The number of nitrogen functional groups attached to an aromatic ring is 1. The summed E-state index contributed by atoms with van der Waals surface area (Å²) in [7, 11) is 1.42. The van der Waals surface area contributed by atoms with E-state index < -0.39 is 0 Å². The summed E-state index contributed by atoms with van der Waals surface area (Å²) in [5.41, 5.74) is 8.16. The van der Waals surface area contributed by atoms with Gasteiger partial charge < -0.3 is 15.5 Å². The van der Waals surface area contributed by atoms with E-state index in [-0.39, 0.29) is 11.2 Å². The number of benzene rings is 1. The van der Waals surface area contributed by atoms with Crippen molar-refractivity contribution in [3.05, 3.63) is 18.2 Å². The number of fused-ring (bicyclic) bond motifs is 1. The highest BCUT2D eigenvalue weighted by Crippen LogP contribution is 2.28. The quantitative estimate of drug-likeness (QED) is 0.486. The number of H-pyrrole nitrogens is 1. The number of aromatic nitrogens is 2. The Hall–Kier alpha value is -1.69. The number of nitrogens with two attached hydrogens (primary N) is 1. The monoisotopic (exact) mass is 293 g/mol. The maximum atomic E-state index is 11.8. The molecule has 108 valence electrons. The molecule has 0 fully saturated rings. The van der Waals surface area contributed by atoms with Gasteiger partial charge >= 0.3 is 5.97 Å². The first kappa shape index (κ1) is 14.7. The van der Waals surface area contributed by atoms with Crippen LogP contribution in [0.15, 0.2) is 23.4 Å². The van der Waals surface area contributed by atoms with Crippen molar-refractivity contribution < 1.29 is 9.53 Å². The Balaban J connectivity index is 2.16. The predicted octanol–water partition coefficient (Wildman–Crippen LogP) is 2.97. The van der Waals surface area contributed by atoms with Crippen molar-refractivity contribution in [1.82, 2.24) is 9.97 Å². The van der Waals surface area contributed by atoms with Crippen LogP contribution in [0.2, 0.25) is 0 Å². The average molecular weight is 293 g/mol. The summed E-state index contributed by atoms with van der Waals surface area (Å²) >= 11 is 1.41. The lowest BCUT2D eigenvalue weighted by molar-refractivity contribution is -0.140. The van der Waals surface area contributed by atoms with Crippen LogP contribution < -0.4 is 5.73 Å². The molecule has 0 aliphatic carbocycles. The molecule has 0 saturated heterocycles. The Bertz CT molecular complexity index is 597. The molecular formula is C14H19N3O2S. The number of thioether (sulfide) groups is 1. The van der Waals surface area contributed by atoms with E-state index in [4.69, 9.17) is 10.5 Å². The molecule has 0 amide bonds. The minimum atomic E-state index is -0.224. The van der Waals surface area contributed by atoms with Crippen LogP contribution in [0.4, 0.5) is 5.69 Å². The number of hydrogen-bond donors (Lipinski definition) is 2. The van der Waals surface area contributed by atoms with Crippen molar-refractivity contribution in [1.29, 1.82) is 0 Å². The number of esters is 1. The first-order chi connectivity index (χ1) is 9.63. The van der Waals surface area contributed by atoms with Gasteiger partial charge in [-0.25, -0.2) is 4.98 Å². The van der Waals surface area contributed by atoms with Crippen LogP contribution in [0.3, 0.4) is 0 Å². The molecule has 5 nitrogen and oxygen atoms in total. The Morgan fingerprint density at radius 2 is 2.35 bits per heavy atom. The number of unbranched alkanes of at least 4 members (excludes halogenated alkanes) is 1. The fourth-order valence-corrected chi connectivity index (χ4v) is 3.01. The second kappa shape index (κ2) is 6.65. The molecule has 1 atom stereocenters. The fraction of sp³-hybridized carbons (Fsp3) is 0.429. The number of rotatable bonds is 6. The number of nitrogens with one attached hydrogen (secondary N) is 1. The van der Waals surface area contributed by atoms with Crippen molar-refractivity contribution in [3.8, 4) is 0 Å². The minimum Gasteiger partial charge on any atom is -0.468 e. The first-order valence-corrected chi connectivity index (χ1v) is 7.51. The average Bonchev–Trinajstić information content (AvgIpc) is 2.84. The second-order valence-corrected chi connectivity index (χ2v) is 5.78. The molecule has 2 aromatic rings. The summed E-state index contributed by atoms with van der Waals surface area (Å²) in [4.78, 5) is 19.4. The maximum Gasteiger partial charge on any atom is 0.319 e. The van der Waals surface area contributed by atoms with Crippen LogP contribution in [-0.2, 0) is 9.53 Å². The van der Waals surface area contributed by atoms with Crippen LogP contribution >= 0.6 is 11.8 Å². The summed E-state index contributed by atoms with van der Waals surface area (Å²) in [5, 5.41) is 0.495. The van der Waals surface area contributed by atoms with Gasteiger partial charge in [-0.1, -0.05) is 31.5 Å². The van der Waals surface area contributed by atoms with Crippen molar-refractivity contribution in [2.75, 3.05) is 12.8 Å². The highest BCUT2D eigenvalue weighted by atomic mass is 32.2. The third-order valence-corrected chi connectivity index (χ3v) is 4.15. The fourth-order valence-electron chi connectivity index (χ4n) is 1.94. The van der Waals surface area contributed by atoms with Crippen molar-refractivity contribution in [2.24, 2.45) is 0 Å². The lowest BCUT2D eigenvalue weighted by atomic mass is 10.2.